The third-order valence-corrected chi connectivity index (χ3v) is 3.87. The van der Waals surface area contributed by atoms with Gasteiger partial charge in [0.2, 0.25) is 0 Å². The van der Waals surface area contributed by atoms with Crippen LogP contribution in [0.4, 0.5) is 5.82 Å². The van der Waals surface area contributed by atoms with Gasteiger partial charge in [-0.2, -0.15) is 0 Å². The summed E-state index contributed by atoms with van der Waals surface area (Å²) in [6.07, 6.45) is 3.88. The largest absolute Gasteiger partial charge is 0.391 e. The lowest BCUT2D eigenvalue weighted by Gasteiger charge is -2.27. The SMILES string of the molecule is CN(CC1CCCN1C)c1ncnc(Cl)c1CO. The van der Waals surface area contributed by atoms with E-state index in [4.69, 9.17) is 11.6 Å². The molecule has 0 radical (unpaired) electrons. The smallest absolute Gasteiger partial charge is 0.140 e. The zero-order valence-corrected chi connectivity index (χ0v) is 11.6. The maximum absolute atomic E-state index is 9.36. The average Bonchev–Trinajstić information content (AvgIpc) is 2.74. The van der Waals surface area contributed by atoms with Crippen LogP contribution in [0.15, 0.2) is 6.33 Å². The molecule has 1 aromatic heterocycles. The summed E-state index contributed by atoms with van der Waals surface area (Å²) in [7, 11) is 4.12. The number of aromatic nitrogens is 2. The Hall–Kier alpha value is -0.910. The van der Waals surface area contributed by atoms with Gasteiger partial charge in [0.25, 0.3) is 0 Å². The quantitative estimate of drug-likeness (QED) is 0.832. The lowest BCUT2D eigenvalue weighted by atomic mass is 10.2. The highest BCUT2D eigenvalue weighted by Gasteiger charge is 2.23. The van der Waals surface area contributed by atoms with Gasteiger partial charge in [-0.3, -0.25) is 0 Å². The first-order chi connectivity index (χ1) is 8.63. The van der Waals surface area contributed by atoms with E-state index in [9.17, 15) is 5.11 Å². The molecule has 2 heterocycles. The molecule has 5 nitrogen and oxygen atoms in total. The molecule has 1 N–H and O–H groups in total. The lowest BCUT2D eigenvalue weighted by molar-refractivity contribution is 0.280. The number of hydrogen-bond donors (Lipinski definition) is 1. The molecule has 1 saturated heterocycles. The van der Waals surface area contributed by atoms with E-state index in [2.05, 4.69) is 21.9 Å². The monoisotopic (exact) mass is 270 g/mol. The number of anilines is 1. The summed E-state index contributed by atoms with van der Waals surface area (Å²) in [5.41, 5.74) is 0.599. The maximum Gasteiger partial charge on any atom is 0.140 e. The number of nitrogens with zero attached hydrogens (tertiary/aromatic N) is 4. The van der Waals surface area contributed by atoms with Gasteiger partial charge in [-0.15, -0.1) is 0 Å². The first kappa shape index (κ1) is 13.5. The molecule has 1 aliphatic rings. The number of likely N-dealkylation sites (N-methyl/N-ethyl adjacent to an activating group) is 2. The Labute approximate surface area is 112 Å². The number of aliphatic hydroxyl groups excluding tert-OH is 1. The third kappa shape index (κ3) is 2.74. The third-order valence-electron chi connectivity index (χ3n) is 3.55. The first-order valence-electron chi connectivity index (χ1n) is 6.15. The molecular formula is C12H19ClN4O. The average molecular weight is 271 g/mol. The summed E-state index contributed by atoms with van der Waals surface area (Å²) in [6, 6.07) is 0.537. The zero-order valence-electron chi connectivity index (χ0n) is 10.8. The first-order valence-corrected chi connectivity index (χ1v) is 6.53. The molecule has 0 aliphatic carbocycles. The summed E-state index contributed by atoms with van der Waals surface area (Å²) in [6.45, 7) is 1.90. The molecule has 0 bridgehead atoms. The second kappa shape index (κ2) is 5.82. The highest BCUT2D eigenvalue weighted by Crippen LogP contribution is 2.24. The van der Waals surface area contributed by atoms with Gasteiger partial charge in [-0.1, -0.05) is 11.6 Å². The van der Waals surface area contributed by atoms with Crippen molar-refractivity contribution in [3.05, 3.63) is 17.0 Å². The van der Waals surface area contributed by atoms with Crippen LogP contribution in [0.5, 0.6) is 0 Å². The van der Waals surface area contributed by atoms with Crippen LogP contribution < -0.4 is 4.90 Å². The fourth-order valence-corrected chi connectivity index (χ4v) is 2.65. The van der Waals surface area contributed by atoms with Crippen LogP contribution in [-0.2, 0) is 6.61 Å². The Morgan fingerprint density at radius 2 is 2.33 bits per heavy atom. The van der Waals surface area contributed by atoms with Crippen molar-refractivity contribution >= 4 is 17.4 Å². The summed E-state index contributed by atoms with van der Waals surface area (Å²) >= 11 is 5.97. The van der Waals surface area contributed by atoms with Crippen molar-refractivity contribution in [1.82, 2.24) is 14.9 Å². The molecule has 6 heteroatoms. The summed E-state index contributed by atoms with van der Waals surface area (Å²) in [4.78, 5) is 12.5. The van der Waals surface area contributed by atoms with Gasteiger partial charge >= 0.3 is 0 Å². The van der Waals surface area contributed by atoms with Crippen LogP contribution in [0.25, 0.3) is 0 Å². The Morgan fingerprint density at radius 3 is 2.94 bits per heavy atom. The molecule has 1 atom stereocenters. The molecule has 1 fully saturated rings. The molecule has 0 spiro atoms. The van der Waals surface area contributed by atoms with Gasteiger partial charge in [-0.05, 0) is 26.4 Å². The van der Waals surface area contributed by atoms with Crippen molar-refractivity contribution in [2.45, 2.75) is 25.5 Å². The topological polar surface area (TPSA) is 52.5 Å². The van der Waals surface area contributed by atoms with E-state index in [1.807, 2.05) is 11.9 Å². The number of likely N-dealkylation sites (tertiary alicyclic amines) is 1. The normalized spacial score (nSPS) is 20.3. The van der Waals surface area contributed by atoms with Crippen LogP contribution >= 0.6 is 11.6 Å². The number of halogens is 1. The fourth-order valence-electron chi connectivity index (χ4n) is 2.46. The Kier molecular flexibility index (Phi) is 4.37. The number of hydrogen-bond acceptors (Lipinski definition) is 5. The van der Waals surface area contributed by atoms with Crippen LogP contribution in [-0.4, -0.2) is 53.2 Å². The molecule has 0 amide bonds. The van der Waals surface area contributed by atoms with E-state index in [-0.39, 0.29) is 6.61 Å². The van der Waals surface area contributed by atoms with Crippen molar-refractivity contribution < 1.29 is 5.11 Å². The van der Waals surface area contributed by atoms with E-state index in [0.29, 0.717) is 16.8 Å². The van der Waals surface area contributed by atoms with Crippen molar-refractivity contribution in [1.29, 1.82) is 0 Å². The summed E-state index contributed by atoms with van der Waals surface area (Å²) in [5, 5.41) is 9.69. The second-order valence-electron chi connectivity index (χ2n) is 4.78. The second-order valence-corrected chi connectivity index (χ2v) is 5.14. The van der Waals surface area contributed by atoms with Gasteiger partial charge in [-0.25, -0.2) is 9.97 Å². The minimum absolute atomic E-state index is 0.139. The molecule has 1 unspecified atom stereocenters. The molecule has 1 aromatic rings. The van der Waals surface area contributed by atoms with Gasteiger partial charge < -0.3 is 14.9 Å². The van der Waals surface area contributed by atoms with E-state index >= 15 is 0 Å². The van der Waals surface area contributed by atoms with Gasteiger partial charge in [0.1, 0.15) is 17.3 Å². The predicted molar refractivity (Wildman–Crippen MR) is 71.9 cm³/mol. The fraction of sp³-hybridized carbons (Fsp3) is 0.667. The van der Waals surface area contributed by atoms with Crippen molar-refractivity contribution in [2.75, 3.05) is 32.1 Å². The Balaban J connectivity index is 2.13. The maximum atomic E-state index is 9.36. The van der Waals surface area contributed by atoms with Crippen LogP contribution in [0, 0.1) is 0 Å². The summed E-state index contributed by atoms with van der Waals surface area (Å²) < 4.78 is 0. The minimum atomic E-state index is -0.139. The number of aliphatic hydroxyl groups is 1. The summed E-state index contributed by atoms with van der Waals surface area (Å²) in [5.74, 6) is 0.720. The lowest BCUT2D eigenvalue weighted by Crippen LogP contribution is -2.37. The highest BCUT2D eigenvalue weighted by atomic mass is 35.5. The van der Waals surface area contributed by atoms with Crippen LogP contribution in [0.1, 0.15) is 18.4 Å². The molecule has 100 valence electrons. The van der Waals surface area contributed by atoms with Gasteiger partial charge in [0.05, 0.1) is 12.2 Å². The van der Waals surface area contributed by atoms with Crippen LogP contribution in [0.3, 0.4) is 0 Å². The van der Waals surface area contributed by atoms with Crippen molar-refractivity contribution in [3.8, 4) is 0 Å². The van der Waals surface area contributed by atoms with Crippen LogP contribution in [0.2, 0.25) is 5.15 Å². The Morgan fingerprint density at radius 1 is 1.56 bits per heavy atom. The molecule has 18 heavy (non-hydrogen) atoms. The standard InChI is InChI=1S/C12H19ClN4O/c1-16-5-3-4-9(16)6-17(2)12-10(7-18)11(13)14-8-15-12/h8-9,18H,3-7H2,1-2H3. The van der Waals surface area contributed by atoms with E-state index in [0.717, 1.165) is 18.9 Å². The molecule has 1 aliphatic heterocycles. The van der Waals surface area contributed by atoms with E-state index < -0.39 is 0 Å². The van der Waals surface area contributed by atoms with E-state index in [1.165, 1.54) is 19.2 Å². The van der Waals surface area contributed by atoms with Gasteiger partial charge in [0.15, 0.2) is 0 Å². The Bertz CT molecular complexity index is 415. The molecular weight excluding hydrogens is 252 g/mol. The minimum Gasteiger partial charge on any atom is -0.391 e. The highest BCUT2D eigenvalue weighted by molar-refractivity contribution is 6.30. The zero-order chi connectivity index (χ0) is 13.1. The molecule has 0 aromatic carbocycles. The predicted octanol–water partition coefficient (Wildman–Crippen LogP) is 1.15. The van der Waals surface area contributed by atoms with Gasteiger partial charge in [0, 0.05) is 19.6 Å². The molecule has 2 rings (SSSR count). The van der Waals surface area contributed by atoms with E-state index in [1.54, 1.807) is 0 Å². The van der Waals surface area contributed by atoms with Crippen molar-refractivity contribution in [3.63, 3.8) is 0 Å². The molecule has 0 saturated carbocycles. The number of rotatable bonds is 4. The van der Waals surface area contributed by atoms with Crippen molar-refractivity contribution in [2.24, 2.45) is 0 Å².